The summed E-state index contributed by atoms with van der Waals surface area (Å²) in [5.41, 5.74) is 5.35. The van der Waals surface area contributed by atoms with Crippen molar-refractivity contribution in [2.45, 2.75) is 46.6 Å². The molecule has 0 aliphatic heterocycles. The predicted octanol–water partition coefficient (Wildman–Crippen LogP) is 2.07. The quantitative estimate of drug-likeness (QED) is 0.487. The SMILES string of the molecule is CC(C)CCN(CCC(=N)N)C(C)C. The summed E-state index contributed by atoms with van der Waals surface area (Å²) in [7, 11) is 0. The van der Waals surface area contributed by atoms with E-state index < -0.39 is 0 Å². The molecular formula is C11H25N3. The van der Waals surface area contributed by atoms with E-state index in [1.54, 1.807) is 0 Å². The molecule has 0 aromatic heterocycles. The highest BCUT2D eigenvalue weighted by molar-refractivity contribution is 5.76. The van der Waals surface area contributed by atoms with E-state index in [9.17, 15) is 0 Å². The number of nitrogens with zero attached hydrogens (tertiary/aromatic N) is 1. The fraction of sp³-hybridized carbons (Fsp3) is 0.909. The van der Waals surface area contributed by atoms with Gasteiger partial charge < -0.3 is 10.6 Å². The summed E-state index contributed by atoms with van der Waals surface area (Å²) in [5, 5.41) is 7.20. The fourth-order valence-electron chi connectivity index (χ4n) is 1.32. The monoisotopic (exact) mass is 199 g/mol. The van der Waals surface area contributed by atoms with Gasteiger partial charge in [-0.25, -0.2) is 0 Å². The molecule has 0 saturated carbocycles. The number of nitrogens with two attached hydrogens (primary N) is 1. The van der Waals surface area contributed by atoms with Crippen molar-refractivity contribution in [3.05, 3.63) is 0 Å². The lowest BCUT2D eigenvalue weighted by molar-refractivity contribution is 0.215. The van der Waals surface area contributed by atoms with Crippen LogP contribution >= 0.6 is 0 Å². The van der Waals surface area contributed by atoms with Gasteiger partial charge in [0.15, 0.2) is 0 Å². The summed E-state index contributed by atoms with van der Waals surface area (Å²) < 4.78 is 0. The van der Waals surface area contributed by atoms with Gasteiger partial charge in [0, 0.05) is 19.0 Å². The topological polar surface area (TPSA) is 53.1 Å². The van der Waals surface area contributed by atoms with E-state index in [-0.39, 0.29) is 0 Å². The first-order valence-electron chi connectivity index (χ1n) is 5.50. The Labute approximate surface area is 88.2 Å². The van der Waals surface area contributed by atoms with Crippen LogP contribution in [-0.4, -0.2) is 29.9 Å². The van der Waals surface area contributed by atoms with Crippen LogP contribution in [0.15, 0.2) is 0 Å². The van der Waals surface area contributed by atoms with Crippen molar-refractivity contribution in [2.75, 3.05) is 13.1 Å². The summed E-state index contributed by atoms with van der Waals surface area (Å²) in [4.78, 5) is 2.39. The number of hydrogen-bond acceptors (Lipinski definition) is 2. The third kappa shape index (κ3) is 6.89. The second-order valence-electron chi connectivity index (χ2n) is 4.59. The Bertz CT molecular complexity index is 164. The van der Waals surface area contributed by atoms with E-state index >= 15 is 0 Å². The van der Waals surface area contributed by atoms with Gasteiger partial charge in [0.1, 0.15) is 0 Å². The van der Waals surface area contributed by atoms with Crippen molar-refractivity contribution in [1.82, 2.24) is 4.90 Å². The molecule has 3 N–H and O–H groups in total. The number of hydrogen-bond donors (Lipinski definition) is 2. The van der Waals surface area contributed by atoms with Crippen LogP contribution in [0.2, 0.25) is 0 Å². The lowest BCUT2D eigenvalue weighted by Crippen LogP contribution is -2.35. The molecular weight excluding hydrogens is 174 g/mol. The maximum absolute atomic E-state index is 7.20. The van der Waals surface area contributed by atoms with E-state index in [4.69, 9.17) is 11.1 Å². The van der Waals surface area contributed by atoms with Crippen molar-refractivity contribution in [3.63, 3.8) is 0 Å². The lowest BCUT2D eigenvalue weighted by Gasteiger charge is -2.26. The van der Waals surface area contributed by atoms with Gasteiger partial charge in [-0.15, -0.1) is 0 Å². The summed E-state index contributed by atoms with van der Waals surface area (Å²) in [6.45, 7) is 10.9. The zero-order chi connectivity index (χ0) is 11.1. The van der Waals surface area contributed by atoms with Crippen molar-refractivity contribution in [2.24, 2.45) is 11.7 Å². The third-order valence-electron chi connectivity index (χ3n) is 2.39. The summed E-state index contributed by atoms with van der Waals surface area (Å²) >= 11 is 0. The van der Waals surface area contributed by atoms with Gasteiger partial charge in [-0.3, -0.25) is 5.41 Å². The average Bonchev–Trinajstić information content (AvgIpc) is 2.02. The zero-order valence-electron chi connectivity index (χ0n) is 10.0. The predicted molar refractivity (Wildman–Crippen MR) is 62.7 cm³/mol. The van der Waals surface area contributed by atoms with Crippen molar-refractivity contribution < 1.29 is 0 Å². The van der Waals surface area contributed by atoms with Crippen molar-refractivity contribution >= 4 is 5.84 Å². The average molecular weight is 199 g/mol. The fourth-order valence-corrected chi connectivity index (χ4v) is 1.32. The molecule has 0 radical (unpaired) electrons. The molecule has 0 aromatic rings. The number of rotatable bonds is 7. The Balaban J connectivity index is 3.84. The minimum atomic E-state index is 0.292. The van der Waals surface area contributed by atoms with Gasteiger partial charge in [-0.2, -0.15) is 0 Å². The normalized spacial score (nSPS) is 11.6. The Kier molecular flexibility index (Phi) is 6.54. The molecule has 84 valence electrons. The first-order chi connectivity index (χ1) is 6.43. The van der Waals surface area contributed by atoms with Crippen LogP contribution in [-0.2, 0) is 0 Å². The van der Waals surface area contributed by atoms with E-state index in [0.29, 0.717) is 18.3 Å². The molecule has 0 bridgehead atoms. The second-order valence-corrected chi connectivity index (χ2v) is 4.59. The van der Waals surface area contributed by atoms with E-state index in [2.05, 4.69) is 32.6 Å². The largest absolute Gasteiger partial charge is 0.388 e. The zero-order valence-corrected chi connectivity index (χ0v) is 10.0. The van der Waals surface area contributed by atoms with Gasteiger partial charge in [0.05, 0.1) is 5.84 Å². The molecule has 3 heteroatoms. The summed E-state index contributed by atoms with van der Waals surface area (Å²) in [6.07, 6.45) is 1.91. The lowest BCUT2D eigenvalue weighted by atomic mass is 10.1. The van der Waals surface area contributed by atoms with Crippen LogP contribution < -0.4 is 5.73 Å². The van der Waals surface area contributed by atoms with Gasteiger partial charge in [-0.05, 0) is 32.7 Å². The number of amidine groups is 1. The molecule has 0 heterocycles. The molecule has 3 nitrogen and oxygen atoms in total. The second kappa shape index (κ2) is 6.82. The van der Waals surface area contributed by atoms with Gasteiger partial charge in [-0.1, -0.05) is 13.8 Å². The van der Waals surface area contributed by atoms with Gasteiger partial charge >= 0.3 is 0 Å². The van der Waals surface area contributed by atoms with E-state index in [1.165, 1.54) is 6.42 Å². The molecule has 0 amide bonds. The molecule has 14 heavy (non-hydrogen) atoms. The summed E-state index contributed by atoms with van der Waals surface area (Å²) in [5.74, 6) is 1.04. The van der Waals surface area contributed by atoms with E-state index in [0.717, 1.165) is 19.0 Å². The van der Waals surface area contributed by atoms with Crippen LogP contribution in [0.3, 0.4) is 0 Å². The maximum atomic E-state index is 7.20. The minimum Gasteiger partial charge on any atom is -0.388 e. The molecule has 0 unspecified atom stereocenters. The summed E-state index contributed by atoms with van der Waals surface area (Å²) in [6, 6.07) is 0.549. The van der Waals surface area contributed by atoms with Crippen molar-refractivity contribution in [1.29, 1.82) is 5.41 Å². The van der Waals surface area contributed by atoms with Crippen LogP contribution in [0.1, 0.15) is 40.5 Å². The van der Waals surface area contributed by atoms with Crippen LogP contribution in [0.4, 0.5) is 0 Å². The van der Waals surface area contributed by atoms with E-state index in [1.807, 2.05) is 0 Å². The highest BCUT2D eigenvalue weighted by Crippen LogP contribution is 2.06. The maximum Gasteiger partial charge on any atom is 0.0918 e. The Morgan fingerprint density at radius 1 is 1.21 bits per heavy atom. The Morgan fingerprint density at radius 3 is 2.14 bits per heavy atom. The number of nitrogens with one attached hydrogen (secondary N) is 1. The van der Waals surface area contributed by atoms with Gasteiger partial charge in [0.2, 0.25) is 0 Å². The Hall–Kier alpha value is -0.570. The van der Waals surface area contributed by atoms with Crippen LogP contribution in [0.5, 0.6) is 0 Å². The molecule has 0 fully saturated rings. The molecule has 0 saturated heterocycles. The van der Waals surface area contributed by atoms with Crippen LogP contribution in [0, 0.1) is 11.3 Å². The van der Waals surface area contributed by atoms with Crippen LogP contribution in [0.25, 0.3) is 0 Å². The van der Waals surface area contributed by atoms with Gasteiger partial charge in [0.25, 0.3) is 0 Å². The Morgan fingerprint density at radius 2 is 1.79 bits per heavy atom. The van der Waals surface area contributed by atoms with Crippen molar-refractivity contribution in [3.8, 4) is 0 Å². The molecule has 0 spiro atoms. The minimum absolute atomic E-state index is 0.292. The highest BCUT2D eigenvalue weighted by Gasteiger charge is 2.09. The molecule has 0 aliphatic carbocycles. The first kappa shape index (κ1) is 13.4. The smallest absolute Gasteiger partial charge is 0.0918 e. The molecule has 0 atom stereocenters. The first-order valence-corrected chi connectivity index (χ1v) is 5.50. The highest BCUT2D eigenvalue weighted by atomic mass is 15.1. The standard InChI is InChI=1S/C11H25N3/c1-9(2)5-7-14(10(3)4)8-6-11(12)13/h9-10H,5-8H2,1-4H3,(H3,12,13). The molecule has 0 aliphatic rings. The third-order valence-corrected chi connectivity index (χ3v) is 2.39. The molecule has 0 aromatic carbocycles. The molecule has 0 rings (SSSR count).